The van der Waals surface area contributed by atoms with E-state index in [1.54, 1.807) is 6.20 Å². The van der Waals surface area contributed by atoms with Crippen LogP contribution in [0.3, 0.4) is 0 Å². The third-order valence-corrected chi connectivity index (χ3v) is 11.3. The molecule has 6 aromatic rings. The van der Waals surface area contributed by atoms with Crippen molar-refractivity contribution in [3.63, 3.8) is 0 Å². The number of aromatic nitrogens is 1. The molecule has 0 amide bonds. The van der Waals surface area contributed by atoms with Crippen molar-refractivity contribution in [2.45, 2.75) is 33.4 Å². The molecule has 1 aromatic heterocycles. The fourth-order valence-electron chi connectivity index (χ4n) is 5.67. The third kappa shape index (κ3) is 4.20. The highest BCUT2D eigenvalue weighted by Crippen LogP contribution is 2.73. The summed E-state index contributed by atoms with van der Waals surface area (Å²) in [5.41, 5.74) is 4.59. The van der Waals surface area contributed by atoms with E-state index in [0.717, 1.165) is 11.2 Å². The number of benzene rings is 5. The molecule has 0 spiro atoms. The number of hydrogen-bond acceptors (Lipinski definition) is 1. The predicted molar refractivity (Wildman–Crippen MR) is 173 cm³/mol. The van der Waals surface area contributed by atoms with Crippen LogP contribution in [-0.2, 0) is 0 Å². The van der Waals surface area contributed by atoms with Crippen LogP contribution in [0, 0.1) is 6.92 Å². The van der Waals surface area contributed by atoms with E-state index >= 15 is 0 Å². The number of allylic oxidation sites excluding steroid dienone is 2. The molecule has 196 valence electrons. The van der Waals surface area contributed by atoms with Gasteiger partial charge in [-0.15, -0.1) is 10.0 Å². The minimum Gasteiger partial charge on any atom is -0.308 e. The van der Waals surface area contributed by atoms with Crippen LogP contribution in [0.4, 0.5) is 0 Å². The molecule has 0 fully saturated rings. The van der Waals surface area contributed by atoms with Gasteiger partial charge in [0, 0.05) is 36.6 Å². The van der Waals surface area contributed by atoms with Crippen LogP contribution in [0.25, 0.3) is 27.5 Å². The normalized spacial score (nSPS) is 12.8. The average Bonchev–Trinajstić information content (AvgIpc) is 3.32. The maximum Gasteiger partial charge on any atom is 0.0602 e. The number of fused-ring (bicyclic) bond motifs is 3. The molecule has 0 aliphatic carbocycles. The summed E-state index contributed by atoms with van der Waals surface area (Å²) < 4.78 is 2.31. The lowest BCUT2D eigenvalue weighted by atomic mass is 10.1. The topological polar surface area (TPSA) is 17.3 Å². The largest absolute Gasteiger partial charge is 0.308 e. The molecule has 0 saturated heterocycles. The lowest BCUT2D eigenvalue weighted by Crippen LogP contribution is -2.05. The van der Waals surface area contributed by atoms with Gasteiger partial charge < -0.3 is 4.57 Å². The summed E-state index contributed by atoms with van der Waals surface area (Å²) in [6.45, 7) is 8.00. The molecule has 0 bridgehead atoms. The highest BCUT2D eigenvalue weighted by Gasteiger charge is 2.33. The van der Waals surface area contributed by atoms with E-state index in [1.165, 1.54) is 41.4 Å². The Hall–Kier alpha value is -4.60. The zero-order valence-corrected chi connectivity index (χ0v) is 23.7. The van der Waals surface area contributed by atoms with Gasteiger partial charge in [0.05, 0.1) is 22.9 Å². The van der Waals surface area contributed by atoms with Crippen molar-refractivity contribution in [3.8, 4) is 0 Å². The standard InChI is InChI=1S/C37H32N2S/c1-4-29(27-38-5-2)39-36-23-21-28(3)25-34(36)35-26-33(22-24-37(35)39)40(30-15-9-6-10-16-30,31-17-11-7-12-18-31)32-19-13-8-14-20-32/h4-27H,2H2,1,3H3/b29-4+,38-27?. The first-order valence-electron chi connectivity index (χ1n) is 13.5. The third-order valence-electron chi connectivity index (χ3n) is 7.40. The Kier molecular flexibility index (Phi) is 6.98. The van der Waals surface area contributed by atoms with Crippen LogP contribution in [0.15, 0.2) is 171 Å². The summed E-state index contributed by atoms with van der Waals surface area (Å²) in [6, 6.07) is 46.8. The number of aliphatic imine (C=N–C) groups is 1. The average molecular weight is 537 g/mol. The first kappa shape index (κ1) is 25.7. The van der Waals surface area contributed by atoms with Crippen molar-refractivity contribution in [1.29, 1.82) is 0 Å². The maximum atomic E-state index is 4.36. The molecule has 2 nitrogen and oxygen atoms in total. The van der Waals surface area contributed by atoms with Crippen molar-refractivity contribution in [1.82, 2.24) is 4.57 Å². The van der Waals surface area contributed by atoms with Crippen molar-refractivity contribution in [3.05, 3.63) is 152 Å². The Morgan fingerprint density at radius 1 is 0.650 bits per heavy atom. The van der Waals surface area contributed by atoms with E-state index in [1.807, 2.05) is 6.21 Å². The van der Waals surface area contributed by atoms with Crippen molar-refractivity contribution >= 4 is 43.7 Å². The summed E-state index contributed by atoms with van der Waals surface area (Å²) in [5.74, 6) is 0. The Labute approximate surface area is 238 Å². The molecule has 3 heteroatoms. The Bertz CT molecular complexity index is 1770. The Morgan fingerprint density at radius 3 is 1.65 bits per heavy atom. The summed E-state index contributed by atoms with van der Waals surface area (Å²) in [4.78, 5) is 9.63. The molecule has 0 unspecified atom stereocenters. The number of hydrogen-bond donors (Lipinski definition) is 0. The van der Waals surface area contributed by atoms with Gasteiger partial charge in [-0.3, -0.25) is 4.99 Å². The van der Waals surface area contributed by atoms with Gasteiger partial charge in [0.15, 0.2) is 0 Å². The predicted octanol–water partition coefficient (Wildman–Crippen LogP) is 10.5. The van der Waals surface area contributed by atoms with Crippen LogP contribution < -0.4 is 0 Å². The van der Waals surface area contributed by atoms with Gasteiger partial charge in [-0.2, -0.15) is 0 Å². The highest BCUT2D eigenvalue weighted by atomic mass is 32.3. The fraction of sp³-hybridized carbons (Fsp3) is 0.0541. The molecule has 6 rings (SSSR count). The van der Waals surface area contributed by atoms with Crippen molar-refractivity contribution in [2.24, 2.45) is 4.99 Å². The quantitative estimate of drug-likeness (QED) is 0.181. The molecule has 0 atom stereocenters. The minimum absolute atomic E-state index is 1.02. The molecule has 0 aliphatic rings. The molecular weight excluding hydrogens is 504 g/mol. The molecular formula is C37H32N2S. The zero-order chi connectivity index (χ0) is 27.5. The zero-order valence-electron chi connectivity index (χ0n) is 22.9. The summed E-state index contributed by atoms with van der Waals surface area (Å²) >= 11 is 0. The lowest BCUT2D eigenvalue weighted by molar-refractivity contribution is 1.23. The van der Waals surface area contributed by atoms with Gasteiger partial charge >= 0.3 is 0 Å². The second-order valence-electron chi connectivity index (χ2n) is 9.76. The highest BCUT2D eigenvalue weighted by molar-refractivity contribution is 8.34. The van der Waals surface area contributed by atoms with Crippen LogP contribution >= 0.6 is 10.0 Å². The van der Waals surface area contributed by atoms with Crippen LogP contribution in [-0.4, -0.2) is 10.8 Å². The summed E-state index contributed by atoms with van der Waals surface area (Å²) in [6.07, 6.45) is 5.57. The van der Waals surface area contributed by atoms with E-state index in [0.29, 0.717) is 0 Å². The van der Waals surface area contributed by atoms with Gasteiger partial charge in [0.25, 0.3) is 0 Å². The second-order valence-corrected chi connectivity index (χ2v) is 12.9. The molecule has 5 aromatic carbocycles. The lowest BCUT2D eigenvalue weighted by Gasteiger charge is -2.42. The molecule has 0 aliphatic heterocycles. The smallest absolute Gasteiger partial charge is 0.0602 e. The van der Waals surface area contributed by atoms with Gasteiger partial charge in [0.2, 0.25) is 0 Å². The van der Waals surface area contributed by atoms with Gasteiger partial charge in [0.1, 0.15) is 0 Å². The van der Waals surface area contributed by atoms with E-state index in [-0.39, 0.29) is 0 Å². The Balaban J connectivity index is 1.75. The van der Waals surface area contributed by atoms with E-state index in [4.69, 9.17) is 0 Å². The monoisotopic (exact) mass is 536 g/mol. The summed E-state index contributed by atoms with van der Waals surface area (Å²) in [5, 5.41) is 2.48. The van der Waals surface area contributed by atoms with E-state index in [2.05, 4.69) is 163 Å². The Morgan fingerprint density at radius 2 is 1.15 bits per heavy atom. The number of nitrogens with zero attached hydrogens (tertiary/aromatic N) is 2. The molecule has 0 radical (unpaired) electrons. The van der Waals surface area contributed by atoms with Crippen LogP contribution in [0.1, 0.15) is 12.5 Å². The SMILES string of the molecule is C=CN=C/C(=C\C)n1c2ccc(C)cc2c2cc(S(c3ccccc3)(c3ccccc3)c3ccccc3)ccc21. The van der Waals surface area contributed by atoms with Gasteiger partial charge in [-0.05, 0) is 80.6 Å². The first-order chi connectivity index (χ1) is 19.7. The molecule has 40 heavy (non-hydrogen) atoms. The maximum absolute atomic E-state index is 4.36. The summed E-state index contributed by atoms with van der Waals surface area (Å²) in [7, 11) is -1.78. The van der Waals surface area contributed by atoms with Crippen LogP contribution in [0.2, 0.25) is 0 Å². The van der Waals surface area contributed by atoms with Crippen molar-refractivity contribution < 1.29 is 0 Å². The second kappa shape index (κ2) is 10.9. The fourth-order valence-corrected chi connectivity index (χ4v) is 9.56. The molecule has 1 heterocycles. The van der Waals surface area contributed by atoms with E-state index < -0.39 is 10.0 Å². The van der Waals surface area contributed by atoms with Gasteiger partial charge in [-0.25, -0.2) is 0 Å². The number of rotatable bonds is 7. The molecule has 0 N–H and O–H groups in total. The van der Waals surface area contributed by atoms with Crippen LogP contribution in [0.5, 0.6) is 0 Å². The van der Waals surface area contributed by atoms with Gasteiger partial charge in [-0.1, -0.05) is 78.9 Å². The first-order valence-corrected chi connectivity index (χ1v) is 15.2. The molecule has 0 saturated carbocycles. The van der Waals surface area contributed by atoms with Crippen molar-refractivity contribution in [2.75, 3.05) is 0 Å². The number of aryl methyl sites for hydroxylation is 1. The minimum atomic E-state index is -1.78. The van der Waals surface area contributed by atoms with E-state index in [9.17, 15) is 0 Å².